The van der Waals surface area contributed by atoms with Crippen LogP contribution in [0.1, 0.15) is 31.8 Å². The maximum absolute atomic E-state index is 12.4. The number of aromatic hydroxyl groups is 1. The number of nitrogens with one attached hydrogen (secondary N) is 2. The van der Waals surface area contributed by atoms with Crippen molar-refractivity contribution in [3.05, 3.63) is 93.0 Å². The molecule has 0 spiro atoms. The zero-order chi connectivity index (χ0) is 21.7. The molecule has 8 heteroatoms. The van der Waals surface area contributed by atoms with Crippen LogP contribution < -0.4 is 10.7 Å². The second kappa shape index (κ2) is 9.43. The minimum Gasteiger partial charge on any atom is -0.506 e. The molecule has 0 saturated carbocycles. The fourth-order valence-corrected chi connectivity index (χ4v) is 3.15. The average Bonchev–Trinajstić information content (AvgIpc) is 2.71. The normalized spacial score (nSPS) is 10.8. The smallest absolute Gasteiger partial charge is 0.271 e. The molecular formula is C22H17Cl2N3O3. The van der Waals surface area contributed by atoms with Crippen LogP contribution in [0.2, 0.25) is 10.0 Å². The van der Waals surface area contributed by atoms with E-state index in [1.165, 1.54) is 24.4 Å². The number of carbonyl (C=O) groups excluding carboxylic acids is 2. The number of hydrogen-bond acceptors (Lipinski definition) is 4. The topological polar surface area (TPSA) is 90.8 Å². The van der Waals surface area contributed by atoms with Crippen LogP contribution >= 0.6 is 23.2 Å². The van der Waals surface area contributed by atoms with Crippen LogP contribution in [0.3, 0.4) is 0 Å². The van der Waals surface area contributed by atoms with E-state index < -0.39 is 5.91 Å². The number of amides is 2. The predicted octanol–water partition coefficient (Wildman–Crippen LogP) is 5.02. The summed E-state index contributed by atoms with van der Waals surface area (Å²) in [5, 5.41) is 16.9. The molecule has 0 aliphatic heterocycles. The monoisotopic (exact) mass is 441 g/mol. The second-order valence-electron chi connectivity index (χ2n) is 6.43. The molecule has 152 valence electrons. The Bertz CT molecular complexity index is 1150. The van der Waals surface area contributed by atoms with Gasteiger partial charge < -0.3 is 10.4 Å². The van der Waals surface area contributed by atoms with E-state index in [1.54, 1.807) is 36.4 Å². The van der Waals surface area contributed by atoms with Crippen LogP contribution in [0.15, 0.2) is 65.8 Å². The van der Waals surface area contributed by atoms with E-state index in [2.05, 4.69) is 15.8 Å². The van der Waals surface area contributed by atoms with E-state index in [0.29, 0.717) is 21.8 Å². The number of rotatable bonds is 5. The van der Waals surface area contributed by atoms with Gasteiger partial charge in [-0.2, -0.15) is 5.10 Å². The fourth-order valence-electron chi connectivity index (χ4n) is 2.64. The molecule has 3 aromatic rings. The number of anilines is 1. The number of benzene rings is 3. The van der Waals surface area contributed by atoms with Gasteiger partial charge in [0.1, 0.15) is 5.75 Å². The number of carbonyl (C=O) groups is 2. The predicted molar refractivity (Wildman–Crippen MR) is 119 cm³/mol. The summed E-state index contributed by atoms with van der Waals surface area (Å²) in [7, 11) is 0. The van der Waals surface area contributed by atoms with Gasteiger partial charge in [-0.05, 0) is 49.4 Å². The first-order valence-corrected chi connectivity index (χ1v) is 9.58. The molecule has 0 radical (unpaired) electrons. The lowest BCUT2D eigenvalue weighted by Crippen LogP contribution is -2.18. The minimum absolute atomic E-state index is 0.0762. The van der Waals surface area contributed by atoms with Crippen molar-refractivity contribution in [3.63, 3.8) is 0 Å². The van der Waals surface area contributed by atoms with Gasteiger partial charge in [0.2, 0.25) is 0 Å². The molecule has 0 saturated heterocycles. The highest BCUT2D eigenvalue weighted by Crippen LogP contribution is 2.29. The van der Waals surface area contributed by atoms with E-state index in [1.807, 2.05) is 13.0 Å². The lowest BCUT2D eigenvalue weighted by Gasteiger charge is -2.08. The van der Waals surface area contributed by atoms with E-state index in [4.69, 9.17) is 23.2 Å². The number of halogens is 2. The van der Waals surface area contributed by atoms with Crippen LogP contribution in [-0.2, 0) is 0 Å². The van der Waals surface area contributed by atoms with Gasteiger partial charge in [0, 0.05) is 27.4 Å². The zero-order valence-electron chi connectivity index (χ0n) is 15.8. The molecule has 3 rings (SSSR count). The third-order valence-corrected chi connectivity index (χ3v) is 4.60. The largest absolute Gasteiger partial charge is 0.506 e. The van der Waals surface area contributed by atoms with Crippen LogP contribution in [-0.4, -0.2) is 23.1 Å². The molecule has 3 aromatic carbocycles. The number of hydrazone groups is 1. The third kappa shape index (κ3) is 5.37. The first-order chi connectivity index (χ1) is 14.3. The molecule has 0 atom stereocenters. The summed E-state index contributed by atoms with van der Waals surface area (Å²) in [4.78, 5) is 24.7. The van der Waals surface area contributed by atoms with E-state index in [9.17, 15) is 14.7 Å². The van der Waals surface area contributed by atoms with Crippen molar-refractivity contribution in [3.8, 4) is 5.75 Å². The van der Waals surface area contributed by atoms with Gasteiger partial charge in [0.15, 0.2) is 0 Å². The molecule has 0 aliphatic carbocycles. The molecule has 0 aromatic heterocycles. The SMILES string of the molecule is Cc1cccc(C(=O)Nc2cccc(C(=O)NN=Cc3cc(Cl)cc(Cl)c3O)c2)c1. The van der Waals surface area contributed by atoms with Gasteiger partial charge >= 0.3 is 0 Å². The Morgan fingerprint density at radius 3 is 2.40 bits per heavy atom. The Labute approximate surface area is 183 Å². The van der Waals surface area contributed by atoms with Gasteiger partial charge in [-0.25, -0.2) is 5.43 Å². The highest BCUT2D eigenvalue weighted by atomic mass is 35.5. The van der Waals surface area contributed by atoms with Crippen molar-refractivity contribution in [1.82, 2.24) is 5.43 Å². The molecule has 0 bridgehead atoms. The lowest BCUT2D eigenvalue weighted by atomic mass is 10.1. The number of nitrogens with zero attached hydrogens (tertiary/aromatic N) is 1. The quantitative estimate of drug-likeness (QED) is 0.383. The standard InChI is InChI=1S/C22H17Cl2N3O3/c1-13-4-2-5-14(8-13)21(29)26-18-7-3-6-15(10-18)22(30)27-25-12-16-9-17(23)11-19(24)20(16)28/h2-12,28H,1H3,(H,26,29)(H,27,30). The molecule has 0 fully saturated rings. The van der Waals surface area contributed by atoms with Gasteiger partial charge in [-0.15, -0.1) is 0 Å². The zero-order valence-corrected chi connectivity index (χ0v) is 17.3. The fraction of sp³-hybridized carbons (Fsp3) is 0.0455. The summed E-state index contributed by atoms with van der Waals surface area (Å²) in [5.41, 5.74) is 4.87. The second-order valence-corrected chi connectivity index (χ2v) is 7.27. The number of hydrogen-bond donors (Lipinski definition) is 3. The van der Waals surface area contributed by atoms with Crippen molar-refractivity contribution in [2.24, 2.45) is 5.10 Å². The first-order valence-electron chi connectivity index (χ1n) is 8.83. The van der Waals surface area contributed by atoms with E-state index >= 15 is 0 Å². The summed E-state index contributed by atoms with van der Waals surface area (Å²) >= 11 is 11.7. The Morgan fingerprint density at radius 2 is 1.67 bits per heavy atom. The van der Waals surface area contributed by atoms with E-state index in [-0.39, 0.29) is 22.2 Å². The summed E-state index contributed by atoms with van der Waals surface area (Å²) < 4.78 is 0. The third-order valence-electron chi connectivity index (χ3n) is 4.09. The molecular weight excluding hydrogens is 425 g/mol. The summed E-state index contributed by atoms with van der Waals surface area (Å²) in [6.07, 6.45) is 1.23. The van der Waals surface area contributed by atoms with Crippen molar-refractivity contribution in [1.29, 1.82) is 0 Å². The molecule has 3 N–H and O–H groups in total. The summed E-state index contributed by atoms with van der Waals surface area (Å²) in [6, 6.07) is 16.5. The van der Waals surface area contributed by atoms with Crippen molar-refractivity contribution in [2.45, 2.75) is 6.92 Å². The maximum atomic E-state index is 12.4. The minimum atomic E-state index is -0.495. The Morgan fingerprint density at radius 1 is 0.967 bits per heavy atom. The lowest BCUT2D eigenvalue weighted by molar-refractivity contribution is 0.0953. The van der Waals surface area contributed by atoms with E-state index in [0.717, 1.165) is 5.56 Å². The van der Waals surface area contributed by atoms with Crippen LogP contribution in [0.5, 0.6) is 5.75 Å². The van der Waals surface area contributed by atoms with Gasteiger partial charge in [-0.3, -0.25) is 9.59 Å². The van der Waals surface area contributed by atoms with Crippen LogP contribution in [0.25, 0.3) is 0 Å². The Kier molecular flexibility index (Phi) is 6.72. The molecule has 6 nitrogen and oxygen atoms in total. The first kappa shape index (κ1) is 21.4. The van der Waals surface area contributed by atoms with Crippen LogP contribution in [0.4, 0.5) is 5.69 Å². The summed E-state index contributed by atoms with van der Waals surface area (Å²) in [5.74, 6) is -0.965. The molecule has 0 aliphatic rings. The Hall–Kier alpha value is -3.35. The summed E-state index contributed by atoms with van der Waals surface area (Å²) in [6.45, 7) is 1.90. The van der Waals surface area contributed by atoms with Gasteiger partial charge in [0.05, 0.1) is 11.2 Å². The number of aryl methyl sites for hydroxylation is 1. The Balaban J connectivity index is 1.68. The number of phenolic OH excluding ortho intramolecular Hbond substituents is 1. The molecule has 0 heterocycles. The van der Waals surface area contributed by atoms with Crippen molar-refractivity contribution in [2.75, 3.05) is 5.32 Å². The highest BCUT2D eigenvalue weighted by Gasteiger charge is 2.10. The highest BCUT2D eigenvalue weighted by molar-refractivity contribution is 6.36. The van der Waals surface area contributed by atoms with Gasteiger partial charge in [0.25, 0.3) is 11.8 Å². The number of phenols is 1. The van der Waals surface area contributed by atoms with Crippen molar-refractivity contribution < 1.29 is 14.7 Å². The molecule has 0 unspecified atom stereocenters. The van der Waals surface area contributed by atoms with Crippen LogP contribution in [0, 0.1) is 6.92 Å². The maximum Gasteiger partial charge on any atom is 0.271 e. The average molecular weight is 442 g/mol. The molecule has 2 amide bonds. The van der Waals surface area contributed by atoms with Crippen molar-refractivity contribution >= 4 is 46.9 Å². The molecule has 30 heavy (non-hydrogen) atoms. The van der Waals surface area contributed by atoms with Gasteiger partial charge in [-0.1, -0.05) is 47.0 Å².